The quantitative estimate of drug-likeness (QED) is 0.668. The Morgan fingerprint density at radius 3 is 2.30 bits per heavy atom. The zero-order chi connectivity index (χ0) is 15.3. The van der Waals surface area contributed by atoms with Crippen molar-refractivity contribution in [1.29, 1.82) is 0 Å². The van der Waals surface area contributed by atoms with E-state index in [9.17, 15) is 0 Å². The first-order chi connectivity index (χ1) is 9.36. The summed E-state index contributed by atoms with van der Waals surface area (Å²) in [7, 11) is -2.31. The topological polar surface area (TPSA) is 9.23 Å². The predicted octanol–water partition coefficient (Wildman–Crippen LogP) is 4.61. The van der Waals surface area contributed by atoms with Crippen molar-refractivity contribution in [2.75, 3.05) is 0 Å². The van der Waals surface area contributed by atoms with Gasteiger partial charge in [-0.05, 0) is 36.7 Å². The molecule has 0 atom stereocenters. The van der Waals surface area contributed by atoms with Crippen LogP contribution < -0.4 is 5.19 Å². The number of rotatable bonds is 7. The van der Waals surface area contributed by atoms with Crippen LogP contribution in [-0.2, 0) is 4.43 Å². The molecule has 1 rings (SSSR count). The maximum absolute atomic E-state index is 6.44. The van der Waals surface area contributed by atoms with E-state index >= 15 is 0 Å². The van der Waals surface area contributed by atoms with E-state index in [2.05, 4.69) is 71.6 Å². The van der Waals surface area contributed by atoms with E-state index in [1.807, 2.05) is 0 Å². The lowest BCUT2D eigenvalue weighted by Crippen LogP contribution is -2.51. The predicted molar refractivity (Wildman–Crippen MR) is 95.5 cm³/mol. The standard InChI is InChI=1S/C17H29OSi2/c1-8-20(9-2,18-14(3)4)17-12-10-11-16(13-17)15(5)19(6)7/h10-14H,5,8-9H2,1-4,6-7H3. The molecule has 1 aromatic rings. The van der Waals surface area contributed by atoms with Gasteiger partial charge in [0.1, 0.15) is 0 Å². The van der Waals surface area contributed by atoms with Crippen LogP contribution in [0.25, 0.3) is 5.20 Å². The van der Waals surface area contributed by atoms with Crippen LogP contribution in [0.15, 0.2) is 30.8 Å². The van der Waals surface area contributed by atoms with Gasteiger partial charge in [0.15, 0.2) is 0 Å². The summed E-state index contributed by atoms with van der Waals surface area (Å²) in [6.45, 7) is 17.7. The molecular weight excluding hydrogens is 276 g/mol. The maximum Gasteiger partial charge on any atom is 0.224 e. The largest absolute Gasteiger partial charge is 0.410 e. The Hall–Kier alpha value is -0.646. The molecule has 0 heterocycles. The molecular formula is C17H29OSi2. The van der Waals surface area contributed by atoms with Crippen LogP contribution in [-0.4, -0.2) is 23.2 Å². The average molecular weight is 306 g/mol. The lowest BCUT2D eigenvalue weighted by atomic mass is 10.2. The number of hydrogen-bond donors (Lipinski definition) is 0. The summed E-state index contributed by atoms with van der Waals surface area (Å²) >= 11 is 0. The highest BCUT2D eigenvalue weighted by Crippen LogP contribution is 2.22. The van der Waals surface area contributed by atoms with Gasteiger partial charge in [-0.15, -0.1) is 0 Å². The van der Waals surface area contributed by atoms with Gasteiger partial charge >= 0.3 is 0 Å². The van der Waals surface area contributed by atoms with Gasteiger partial charge in [0.2, 0.25) is 8.32 Å². The maximum atomic E-state index is 6.44. The molecule has 0 aliphatic carbocycles. The highest BCUT2D eigenvalue weighted by Gasteiger charge is 2.34. The van der Waals surface area contributed by atoms with Crippen molar-refractivity contribution in [3.05, 3.63) is 36.4 Å². The van der Waals surface area contributed by atoms with Crippen molar-refractivity contribution in [1.82, 2.24) is 0 Å². The molecule has 0 spiro atoms. The molecule has 0 saturated carbocycles. The fraction of sp³-hybridized carbons (Fsp3) is 0.529. The first-order valence-corrected chi connectivity index (χ1v) is 12.5. The molecule has 1 aromatic carbocycles. The van der Waals surface area contributed by atoms with E-state index in [0.29, 0.717) is 6.10 Å². The Balaban J connectivity index is 3.21. The molecule has 0 aromatic heterocycles. The van der Waals surface area contributed by atoms with Gasteiger partial charge in [0.05, 0.1) is 8.80 Å². The third-order valence-corrected chi connectivity index (χ3v) is 10.0. The Bertz CT molecular complexity index is 448. The van der Waals surface area contributed by atoms with Gasteiger partial charge in [-0.2, -0.15) is 0 Å². The summed E-state index contributed by atoms with van der Waals surface area (Å²) in [5.41, 5.74) is 1.31. The summed E-state index contributed by atoms with van der Waals surface area (Å²) in [4.78, 5) is 0. The Labute approximate surface area is 127 Å². The highest BCUT2D eigenvalue weighted by molar-refractivity contribution is 6.86. The fourth-order valence-electron chi connectivity index (χ4n) is 2.62. The monoisotopic (exact) mass is 305 g/mol. The summed E-state index contributed by atoms with van der Waals surface area (Å²) in [6, 6.07) is 11.2. The summed E-state index contributed by atoms with van der Waals surface area (Å²) in [6.07, 6.45) is 0.297. The molecule has 0 unspecified atom stereocenters. The Morgan fingerprint density at radius 2 is 1.85 bits per heavy atom. The molecule has 111 valence electrons. The van der Waals surface area contributed by atoms with E-state index in [-0.39, 0.29) is 0 Å². The van der Waals surface area contributed by atoms with E-state index < -0.39 is 17.1 Å². The second-order valence-electron chi connectivity index (χ2n) is 5.93. The van der Waals surface area contributed by atoms with Crippen LogP contribution in [0.3, 0.4) is 0 Å². The third kappa shape index (κ3) is 3.93. The highest BCUT2D eigenvalue weighted by atomic mass is 28.4. The second kappa shape index (κ2) is 7.39. The number of benzene rings is 1. The zero-order valence-corrected chi connectivity index (χ0v) is 15.9. The number of hydrogen-bond acceptors (Lipinski definition) is 1. The smallest absolute Gasteiger partial charge is 0.224 e. The van der Waals surface area contributed by atoms with Gasteiger partial charge in [-0.25, -0.2) is 0 Å². The minimum Gasteiger partial charge on any atom is -0.410 e. The van der Waals surface area contributed by atoms with Crippen LogP contribution in [0.5, 0.6) is 0 Å². The average Bonchev–Trinajstić information content (AvgIpc) is 2.43. The second-order valence-corrected chi connectivity index (χ2v) is 12.7. The van der Waals surface area contributed by atoms with E-state index in [1.54, 1.807) is 0 Å². The van der Waals surface area contributed by atoms with Crippen LogP contribution >= 0.6 is 0 Å². The van der Waals surface area contributed by atoms with Crippen LogP contribution in [0.1, 0.15) is 33.3 Å². The molecule has 0 aliphatic rings. The zero-order valence-electron chi connectivity index (χ0n) is 13.9. The minimum absolute atomic E-state index is 0.297. The molecule has 0 saturated heterocycles. The Kier molecular flexibility index (Phi) is 6.43. The van der Waals surface area contributed by atoms with Gasteiger partial charge in [-0.3, -0.25) is 0 Å². The van der Waals surface area contributed by atoms with Crippen molar-refractivity contribution in [2.45, 2.75) is 59.0 Å². The molecule has 3 heteroatoms. The summed E-state index contributed by atoms with van der Waals surface area (Å²) in [5.74, 6) is 0. The van der Waals surface area contributed by atoms with Gasteiger partial charge in [0.25, 0.3) is 0 Å². The van der Waals surface area contributed by atoms with E-state index in [4.69, 9.17) is 4.43 Å². The van der Waals surface area contributed by atoms with Crippen LogP contribution in [0.4, 0.5) is 0 Å². The first kappa shape index (κ1) is 17.4. The molecule has 20 heavy (non-hydrogen) atoms. The molecule has 1 nitrogen and oxygen atoms in total. The van der Waals surface area contributed by atoms with Crippen molar-refractivity contribution in [2.24, 2.45) is 0 Å². The minimum atomic E-state index is -1.82. The van der Waals surface area contributed by atoms with Gasteiger partial charge in [-0.1, -0.05) is 63.0 Å². The van der Waals surface area contributed by atoms with Crippen molar-refractivity contribution in [3.63, 3.8) is 0 Å². The molecule has 0 amide bonds. The van der Waals surface area contributed by atoms with Gasteiger partial charge < -0.3 is 4.43 Å². The molecule has 0 bridgehead atoms. The van der Waals surface area contributed by atoms with Crippen molar-refractivity contribution >= 4 is 27.5 Å². The van der Waals surface area contributed by atoms with Crippen LogP contribution in [0.2, 0.25) is 25.2 Å². The van der Waals surface area contributed by atoms with Crippen LogP contribution in [0, 0.1) is 0 Å². The fourth-order valence-corrected chi connectivity index (χ4v) is 6.86. The third-order valence-electron chi connectivity index (χ3n) is 3.94. The van der Waals surface area contributed by atoms with Crippen molar-refractivity contribution < 1.29 is 4.43 Å². The molecule has 0 fully saturated rings. The molecule has 0 N–H and O–H groups in total. The van der Waals surface area contributed by atoms with Gasteiger partial charge in [0, 0.05) is 6.10 Å². The normalized spacial score (nSPS) is 12.2. The molecule has 0 aliphatic heterocycles. The first-order valence-electron chi connectivity index (χ1n) is 7.64. The van der Waals surface area contributed by atoms with Crippen molar-refractivity contribution in [3.8, 4) is 0 Å². The summed E-state index contributed by atoms with van der Waals surface area (Å²) in [5, 5.41) is 2.75. The Morgan fingerprint density at radius 1 is 1.25 bits per heavy atom. The lowest BCUT2D eigenvalue weighted by Gasteiger charge is -2.32. The lowest BCUT2D eigenvalue weighted by molar-refractivity contribution is 0.232. The SMILES string of the molecule is C=C(c1cccc([Si](CC)(CC)OC(C)C)c1)[Si](C)C. The van der Waals surface area contributed by atoms with E-state index in [0.717, 1.165) is 12.1 Å². The molecule has 1 radical (unpaired) electrons. The van der Waals surface area contributed by atoms with E-state index in [1.165, 1.54) is 15.9 Å². The summed E-state index contributed by atoms with van der Waals surface area (Å²) < 4.78 is 6.44.